The zero-order valence-electron chi connectivity index (χ0n) is 26.6. The van der Waals surface area contributed by atoms with E-state index in [0.717, 1.165) is 17.9 Å². The molecule has 0 bridgehead atoms. The van der Waals surface area contributed by atoms with Gasteiger partial charge in [0.2, 0.25) is 0 Å². The second kappa shape index (κ2) is 15.0. The van der Waals surface area contributed by atoms with Gasteiger partial charge in [0.25, 0.3) is 0 Å². The van der Waals surface area contributed by atoms with Gasteiger partial charge in [-0.1, -0.05) is 80.2 Å². The summed E-state index contributed by atoms with van der Waals surface area (Å²) in [6.45, 7) is 27.3. The first-order valence-corrected chi connectivity index (χ1v) is 14.5. The first-order chi connectivity index (χ1) is 18.7. The molecule has 6 heteroatoms. The van der Waals surface area contributed by atoms with Gasteiger partial charge >= 0.3 is 0 Å². The largest absolute Gasteiger partial charge is 0.489 e. The Labute approximate surface area is 243 Å². The van der Waals surface area contributed by atoms with Gasteiger partial charge in [0, 0.05) is 21.7 Å². The van der Waals surface area contributed by atoms with Crippen LogP contribution in [0, 0.1) is 21.7 Å². The highest BCUT2D eigenvalue weighted by Crippen LogP contribution is 2.32. The van der Waals surface area contributed by atoms with Crippen molar-refractivity contribution >= 4 is 0 Å². The molecule has 1 unspecified atom stereocenters. The van der Waals surface area contributed by atoms with E-state index >= 15 is 0 Å². The van der Waals surface area contributed by atoms with E-state index in [9.17, 15) is 0 Å². The van der Waals surface area contributed by atoms with Crippen LogP contribution in [0.1, 0.15) is 68.7 Å². The molecular formula is C34H54O6. The van der Waals surface area contributed by atoms with E-state index in [2.05, 4.69) is 62.0 Å². The predicted molar refractivity (Wildman–Crippen MR) is 163 cm³/mol. The first kappa shape index (κ1) is 33.8. The number of ether oxygens (including phenoxy) is 6. The Kier molecular flexibility index (Phi) is 12.6. The lowest BCUT2D eigenvalue weighted by Crippen LogP contribution is -2.33. The van der Waals surface area contributed by atoms with Gasteiger partial charge in [-0.2, -0.15) is 0 Å². The highest BCUT2D eigenvalue weighted by molar-refractivity contribution is 5.39. The van der Waals surface area contributed by atoms with E-state index in [-0.39, 0.29) is 21.7 Å². The number of allylic oxidation sites excluding steroid dienone is 3. The van der Waals surface area contributed by atoms with E-state index in [1.165, 1.54) is 0 Å². The molecule has 1 heterocycles. The summed E-state index contributed by atoms with van der Waals surface area (Å²) >= 11 is 0. The minimum Gasteiger partial charge on any atom is -0.489 e. The number of fused-ring (bicyclic) bond motifs is 1. The number of rotatable bonds is 3. The van der Waals surface area contributed by atoms with E-state index in [4.69, 9.17) is 28.4 Å². The van der Waals surface area contributed by atoms with Crippen LogP contribution in [-0.2, 0) is 18.9 Å². The SMILES string of the molecule is C=CC1=C(C=CC)OCC(C)(CC)COCC(C)(C)COc2ccccc2OCC(C)(C)COCC(C)(C)CO1. The Balaban J connectivity index is 2.29. The van der Waals surface area contributed by atoms with Crippen molar-refractivity contribution in [1.82, 2.24) is 0 Å². The third-order valence-corrected chi connectivity index (χ3v) is 6.81. The Morgan fingerprint density at radius 3 is 1.55 bits per heavy atom. The summed E-state index contributed by atoms with van der Waals surface area (Å²) in [5.74, 6) is 2.76. The van der Waals surface area contributed by atoms with Crippen LogP contribution < -0.4 is 9.47 Å². The molecule has 40 heavy (non-hydrogen) atoms. The van der Waals surface area contributed by atoms with Crippen LogP contribution in [0.3, 0.4) is 0 Å². The summed E-state index contributed by atoms with van der Waals surface area (Å²) in [5, 5.41) is 0. The molecule has 0 saturated heterocycles. The van der Waals surface area contributed by atoms with E-state index < -0.39 is 0 Å². The molecule has 1 aromatic carbocycles. The lowest BCUT2D eigenvalue weighted by molar-refractivity contribution is -0.0356. The molecule has 6 nitrogen and oxygen atoms in total. The van der Waals surface area contributed by atoms with Crippen molar-refractivity contribution in [2.45, 2.75) is 68.7 Å². The van der Waals surface area contributed by atoms with Gasteiger partial charge in [0.15, 0.2) is 23.0 Å². The molecule has 0 fully saturated rings. The Bertz CT molecular complexity index is 990. The average Bonchev–Trinajstić information content (AvgIpc) is 2.89. The Morgan fingerprint density at radius 2 is 1.10 bits per heavy atom. The Hall–Kier alpha value is -2.44. The molecule has 0 radical (unpaired) electrons. The molecule has 0 spiro atoms. The number of para-hydroxylation sites is 2. The van der Waals surface area contributed by atoms with Crippen molar-refractivity contribution in [3.8, 4) is 11.5 Å². The van der Waals surface area contributed by atoms with Crippen LogP contribution in [0.5, 0.6) is 11.5 Å². The summed E-state index contributed by atoms with van der Waals surface area (Å²) in [6, 6.07) is 7.84. The number of hydrogen-bond acceptors (Lipinski definition) is 6. The quantitative estimate of drug-likeness (QED) is 0.375. The van der Waals surface area contributed by atoms with Gasteiger partial charge in [-0.05, 0) is 37.6 Å². The molecular weight excluding hydrogens is 504 g/mol. The van der Waals surface area contributed by atoms with Gasteiger partial charge < -0.3 is 28.4 Å². The zero-order chi connectivity index (χ0) is 29.9. The first-order valence-electron chi connectivity index (χ1n) is 14.5. The molecule has 1 aliphatic heterocycles. The van der Waals surface area contributed by atoms with E-state index in [1.807, 2.05) is 43.3 Å². The molecule has 0 aromatic heterocycles. The van der Waals surface area contributed by atoms with Crippen molar-refractivity contribution in [2.75, 3.05) is 52.9 Å². The van der Waals surface area contributed by atoms with Crippen LogP contribution in [0.2, 0.25) is 0 Å². The van der Waals surface area contributed by atoms with Crippen molar-refractivity contribution in [2.24, 2.45) is 21.7 Å². The molecule has 2 rings (SSSR count). The van der Waals surface area contributed by atoms with Gasteiger partial charge in [0.05, 0.1) is 52.9 Å². The lowest BCUT2D eigenvalue weighted by atomic mass is 9.89. The van der Waals surface area contributed by atoms with Crippen molar-refractivity contribution in [1.29, 1.82) is 0 Å². The molecule has 0 aliphatic carbocycles. The van der Waals surface area contributed by atoms with Crippen LogP contribution >= 0.6 is 0 Å². The van der Waals surface area contributed by atoms with Crippen LogP contribution in [0.15, 0.2) is 60.6 Å². The zero-order valence-corrected chi connectivity index (χ0v) is 26.6. The third kappa shape index (κ3) is 11.6. The maximum absolute atomic E-state index is 6.34. The summed E-state index contributed by atoms with van der Waals surface area (Å²) in [7, 11) is 0. The van der Waals surface area contributed by atoms with Gasteiger partial charge in [-0.15, -0.1) is 0 Å². The second-order valence-electron chi connectivity index (χ2n) is 13.7. The smallest absolute Gasteiger partial charge is 0.161 e. The maximum Gasteiger partial charge on any atom is 0.161 e. The van der Waals surface area contributed by atoms with Crippen molar-refractivity contribution < 1.29 is 28.4 Å². The number of hydrogen-bond donors (Lipinski definition) is 0. The molecule has 1 aromatic rings. The fraction of sp³-hybridized carbons (Fsp3) is 0.647. The highest BCUT2D eigenvalue weighted by Gasteiger charge is 2.29. The van der Waals surface area contributed by atoms with Gasteiger partial charge in [-0.25, -0.2) is 0 Å². The molecule has 1 aliphatic rings. The van der Waals surface area contributed by atoms with Crippen LogP contribution in [-0.4, -0.2) is 52.9 Å². The molecule has 1 atom stereocenters. The van der Waals surface area contributed by atoms with E-state index in [0.29, 0.717) is 64.4 Å². The van der Waals surface area contributed by atoms with Gasteiger partial charge in [-0.3, -0.25) is 0 Å². The maximum atomic E-state index is 6.34. The lowest BCUT2D eigenvalue weighted by Gasteiger charge is -2.32. The fourth-order valence-electron chi connectivity index (χ4n) is 3.89. The summed E-state index contributed by atoms with van der Waals surface area (Å²) in [4.78, 5) is 0. The molecule has 0 N–H and O–H groups in total. The monoisotopic (exact) mass is 558 g/mol. The second-order valence-corrected chi connectivity index (χ2v) is 13.7. The average molecular weight is 559 g/mol. The fourth-order valence-corrected chi connectivity index (χ4v) is 3.89. The summed E-state index contributed by atoms with van der Waals surface area (Å²) in [5.41, 5.74) is -0.783. The number of benzene rings is 1. The van der Waals surface area contributed by atoms with Crippen LogP contribution in [0.25, 0.3) is 0 Å². The van der Waals surface area contributed by atoms with Crippen molar-refractivity contribution in [3.05, 3.63) is 60.6 Å². The Morgan fingerprint density at radius 1 is 0.650 bits per heavy atom. The van der Waals surface area contributed by atoms with E-state index in [1.54, 1.807) is 6.08 Å². The standard InChI is InChI=1S/C34H54O6/c1-11-16-28-27(12-2)37-22-31(4,5)19-35-20-32(6,7)23-38-29-17-14-15-18-30(29)39-24-33(8,9)21-36-25-34(10,13-3)26-40-28/h11-12,14-18H,2,13,19-26H2,1,3-10H3. The third-order valence-electron chi connectivity index (χ3n) is 6.81. The minimum absolute atomic E-state index is 0.173. The summed E-state index contributed by atoms with van der Waals surface area (Å²) < 4.78 is 37.5. The van der Waals surface area contributed by atoms with Crippen molar-refractivity contribution in [3.63, 3.8) is 0 Å². The topological polar surface area (TPSA) is 55.4 Å². The molecule has 0 saturated carbocycles. The van der Waals surface area contributed by atoms with Gasteiger partial charge in [0.1, 0.15) is 0 Å². The minimum atomic E-state index is -0.220. The highest BCUT2D eigenvalue weighted by atomic mass is 16.5. The summed E-state index contributed by atoms with van der Waals surface area (Å²) in [6.07, 6.45) is 6.50. The molecule has 0 amide bonds. The molecule has 226 valence electrons. The normalized spacial score (nSPS) is 25.1. The predicted octanol–water partition coefficient (Wildman–Crippen LogP) is 7.99. The van der Waals surface area contributed by atoms with Crippen LogP contribution in [0.4, 0.5) is 0 Å².